The van der Waals surface area contributed by atoms with E-state index in [1.807, 2.05) is 4.90 Å². The Morgan fingerprint density at radius 3 is 2.53 bits per heavy atom. The van der Waals surface area contributed by atoms with Crippen LogP contribution in [0.5, 0.6) is 5.75 Å². The minimum Gasteiger partial charge on any atom is -0.492 e. The molecule has 1 saturated carbocycles. The normalized spacial score (nSPS) is 31.3. The monoisotopic (exact) mass is 464 g/mol. The molecule has 1 aromatic heterocycles. The number of benzene rings is 1. The van der Waals surface area contributed by atoms with E-state index < -0.39 is 33.8 Å². The number of aliphatic hydroxyl groups excluding tert-OH is 3. The zero-order valence-corrected chi connectivity index (χ0v) is 18.4. The largest absolute Gasteiger partial charge is 0.492 e. The van der Waals surface area contributed by atoms with Crippen LogP contribution in [0, 0.1) is 5.41 Å². The summed E-state index contributed by atoms with van der Waals surface area (Å²) in [6.07, 6.45) is 2.58. The van der Waals surface area contributed by atoms with Gasteiger partial charge in [0.2, 0.25) is 10.0 Å². The lowest BCUT2D eigenvalue weighted by Crippen LogP contribution is -2.46. The fourth-order valence-electron chi connectivity index (χ4n) is 4.53. The number of hydrogen-bond donors (Lipinski definition) is 4. The first-order valence-electron chi connectivity index (χ1n) is 10.5. The third kappa shape index (κ3) is 5.25. The molecular weight excluding hydrogens is 436 g/mol. The molecule has 1 unspecified atom stereocenters. The van der Waals surface area contributed by atoms with E-state index >= 15 is 0 Å². The summed E-state index contributed by atoms with van der Waals surface area (Å²) < 4.78 is 34.1. The first-order chi connectivity index (χ1) is 15.3. The lowest BCUT2D eigenvalue weighted by Gasteiger charge is -2.36. The van der Waals surface area contributed by atoms with Crippen molar-refractivity contribution in [1.82, 2.24) is 19.6 Å². The summed E-state index contributed by atoms with van der Waals surface area (Å²) in [4.78, 5) is 10.0. The fraction of sp³-hybridized carbons (Fsp3) is 0.524. The van der Waals surface area contributed by atoms with Crippen molar-refractivity contribution in [3.05, 3.63) is 48.5 Å². The van der Waals surface area contributed by atoms with Crippen molar-refractivity contribution in [3.63, 3.8) is 0 Å². The lowest BCUT2D eigenvalue weighted by atomic mass is 9.85. The summed E-state index contributed by atoms with van der Waals surface area (Å²) >= 11 is 0. The van der Waals surface area contributed by atoms with Gasteiger partial charge in [0.25, 0.3) is 0 Å². The number of β-amino-alcohol motifs (C(OH)–C–C–N with tert-alkyl or cyclic N) is 1. The van der Waals surface area contributed by atoms with E-state index in [1.165, 1.54) is 12.4 Å². The van der Waals surface area contributed by atoms with Gasteiger partial charge in [-0.1, -0.05) is 12.1 Å². The van der Waals surface area contributed by atoms with Gasteiger partial charge in [-0.3, -0.25) is 4.90 Å². The van der Waals surface area contributed by atoms with E-state index in [-0.39, 0.29) is 30.3 Å². The number of para-hydroxylation sites is 1. The van der Waals surface area contributed by atoms with Crippen LogP contribution in [0.15, 0.2) is 47.9 Å². The Kier molecular flexibility index (Phi) is 6.75. The van der Waals surface area contributed by atoms with Gasteiger partial charge in [0, 0.05) is 49.6 Å². The van der Waals surface area contributed by atoms with Crippen molar-refractivity contribution in [3.8, 4) is 5.75 Å². The number of fused-ring (bicyclic) bond motifs is 1. The van der Waals surface area contributed by atoms with Gasteiger partial charge in [0.15, 0.2) is 0 Å². The molecule has 2 aromatic rings. The molecule has 2 heterocycles. The molecule has 4 rings (SSSR count). The minimum absolute atomic E-state index is 0.0136. The van der Waals surface area contributed by atoms with Crippen LogP contribution in [-0.4, -0.2) is 83.2 Å². The van der Waals surface area contributed by atoms with E-state index in [9.17, 15) is 23.7 Å². The van der Waals surface area contributed by atoms with Crippen molar-refractivity contribution in [2.24, 2.45) is 5.41 Å². The van der Waals surface area contributed by atoms with E-state index in [0.29, 0.717) is 25.9 Å². The molecule has 11 heteroatoms. The molecule has 1 aliphatic carbocycles. The van der Waals surface area contributed by atoms with Crippen LogP contribution < -0.4 is 9.46 Å². The zero-order valence-electron chi connectivity index (χ0n) is 17.5. The van der Waals surface area contributed by atoms with E-state index in [2.05, 4.69) is 14.7 Å². The van der Waals surface area contributed by atoms with Crippen LogP contribution in [0.1, 0.15) is 18.4 Å². The van der Waals surface area contributed by atoms with Crippen molar-refractivity contribution in [1.29, 1.82) is 0 Å². The minimum atomic E-state index is -3.91. The molecule has 0 bridgehead atoms. The molecule has 32 heavy (non-hydrogen) atoms. The number of ether oxygens (including phenoxy) is 1. The second-order valence-electron chi connectivity index (χ2n) is 8.70. The SMILES string of the molecule is O=S1(=O)NC[C@H](O)CN(Cc2cncnc2)CC2(COc3ccccc31)C[C@@H](O)[C@@H](O)C2. The first-order valence-corrected chi connectivity index (χ1v) is 12.0. The number of nitrogens with zero attached hydrogens (tertiary/aromatic N) is 3. The zero-order chi connectivity index (χ0) is 22.8. The summed E-state index contributed by atoms with van der Waals surface area (Å²) in [5, 5.41) is 31.2. The highest BCUT2D eigenvalue weighted by atomic mass is 32.2. The predicted octanol–water partition coefficient (Wildman–Crippen LogP) is -0.488. The highest BCUT2D eigenvalue weighted by Crippen LogP contribution is 2.41. The average Bonchev–Trinajstić information content (AvgIpc) is 3.04. The maximum Gasteiger partial charge on any atom is 0.244 e. The van der Waals surface area contributed by atoms with Crippen LogP contribution in [0.2, 0.25) is 0 Å². The number of nitrogens with one attached hydrogen (secondary N) is 1. The number of rotatable bonds is 2. The van der Waals surface area contributed by atoms with Crippen molar-refractivity contribution in [2.75, 3.05) is 26.2 Å². The Balaban J connectivity index is 1.68. The van der Waals surface area contributed by atoms with Gasteiger partial charge in [-0.2, -0.15) is 0 Å². The Hall–Kier alpha value is -2.15. The number of sulfonamides is 1. The predicted molar refractivity (Wildman–Crippen MR) is 114 cm³/mol. The molecule has 174 valence electrons. The summed E-state index contributed by atoms with van der Waals surface area (Å²) in [6, 6.07) is 6.31. The maximum atomic E-state index is 12.8. The smallest absolute Gasteiger partial charge is 0.244 e. The van der Waals surface area contributed by atoms with Gasteiger partial charge in [0.05, 0.1) is 24.9 Å². The molecule has 1 aromatic carbocycles. The van der Waals surface area contributed by atoms with Crippen molar-refractivity contribution < 1.29 is 28.5 Å². The van der Waals surface area contributed by atoms with Crippen LogP contribution >= 0.6 is 0 Å². The number of aromatic nitrogens is 2. The van der Waals surface area contributed by atoms with Crippen LogP contribution in [0.25, 0.3) is 0 Å². The van der Waals surface area contributed by atoms with Gasteiger partial charge < -0.3 is 20.1 Å². The van der Waals surface area contributed by atoms with Gasteiger partial charge >= 0.3 is 0 Å². The molecule has 1 spiro atoms. The average molecular weight is 465 g/mol. The van der Waals surface area contributed by atoms with Gasteiger partial charge in [-0.15, -0.1) is 0 Å². The molecule has 10 nitrogen and oxygen atoms in total. The van der Waals surface area contributed by atoms with Crippen LogP contribution in [0.3, 0.4) is 0 Å². The quantitative estimate of drug-likeness (QED) is 0.463. The number of aliphatic hydroxyl groups is 3. The first kappa shape index (κ1) is 23.0. The number of hydrogen-bond acceptors (Lipinski definition) is 9. The molecule has 2 aliphatic rings. The standard InChI is InChI=1S/C21H28N4O6S/c26-16-9-24-32(29,30)20-4-2-1-3-19(20)31-13-21(5-17(27)18(28)6-21)12-25(11-16)10-15-7-22-14-23-8-15/h1-4,7-8,14,16-18,24,26-28H,5-6,9-13H2/t16-,17-,18+,21?/m0/s1. The molecule has 0 saturated heterocycles. The Bertz CT molecular complexity index is 1010. The Morgan fingerprint density at radius 2 is 1.81 bits per heavy atom. The molecule has 0 amide bonds. The van der Waals surface area contributed by atoms with Crippen molar-refractivity contribution in [2.45, 2.75) is 42.6 Å². The molecule has 4 N–H and O–H groups in total. The Labute approximate surface area is 186 Å². The van der Waals surface area contributed by atoms with Gasteiger partial charge in [0.1, 0.15) is 17.0 Å². The van der Waals surface area contributed by atoms with E-state index in [1.54, 1.807) is 30.6 Å². The van der Waals surface area contributed by atoms with E-state index in [4.69, 9.17) is 4.74 Å². The highest BCUT2D eigenvalue weighted by molar-refractivity contribution is 7.89. The van der Waals surface area contributed by atoms with Gasteiger partial charge in [-0.05, 0) is 25.0 Å². The summed E-state index contributed by atoms with van der Waals surface area (Å²) in [7, 11) is -3.91. The third-order valence-electron chi connectivity index (χ3n) is 5.96. The maximum absolute atomic E-state index is 12.8. The molecule has 0 radical (unpaired) electrons. The van der Waals surface area contributed by atoms with Crippen LogP contribution in [0.4, 0.5) is 0 Å². The Morgan fingerprint density at radius 1 is 1.12 bits per heavy atom. The summed E-state index contributed by atoms with van der Waals surface area (Å²) in [6.45, 7) is 0.937. The lowest BCUT2D eigenvalue weighted by molar-refractivity contribution is 0.0426. The van der Waals surface area contributed by atoms with Crippen molar-refractivity contribution >= 4 is 10.0 Å². The second kappa shape index (κ2) is 9.38. The molecule has 1 aliphatic heterocycles. The van der Waals surface area contributed by atoms with E-state index in [0.717, 1.165) is 5.56 Å². The topological polar surface area (TPSA) is 145 Å². The fourth-order valence-corrected chi connectivity index (χ4v) is 5.75. The molecular formula is C21H28N4O6S. The molecule has 4 atom stereocenters. The summed E-state index contributed by atoms with van der Waals surface area (Å²) in [5.41, 5.74) is 0.186. The molecule has 1 fully saturated rings. The third-order valence-corrected chi connectivity index (χ3v) is 7.42. The summed E-state index contributed by atoms with van der Waals surface area (Å²) in [5.74, 6) is 0.188. The van der Waals surface area contributed by atoms with Crippen LogP contribution in [-0.2, 0) is 16.6 Å². The second-order valence-corrected chi connectivity index (χ2v) is 10.4. The van der Waals surface area contributed by atoms with Gasteiger partial charge in [-0.25, -0.2) is 23.1 Å². The highest BCUT2D eigenvalue weighted by Gasteiger charge is 2.46.